The maximum Gasteiger partial charge on any atom is 0.261 e. The quantitative estimate of drug-likeness (QED) is 0.349. The second kappa shape index (κ2) is 12.7. The van der Waals surface area contributed by atoms with Gasteiger partial charge in [0.05, 0.1) is 25.6 Å². The number of ether oxygens (including phenoxy) is 3. The summed E-state index contributed by atoms with van der Waals surface area (Å²) >= 11 is 0. The van der Waals surface area contributed by atoms with Crippen LogP contribution in [0.2, 0.25) is 5.04 Å². The molecular formula is C31H44O5Si. The number of hydrogen-bond donors (Lipinski definition) is 1. The zero-order valence-corrected chi connectivity index (χ0v) is 23.8. The Balaban J connectivity index is 1.68. The summed E-state index contributed by atoms with van der Waals surface area (Å²) in [6.45, 7) is 8.15. The Morgan fingerprint density at radius 1 is 0.973 bits per heavy atom. The van der Waals surface area contributed by atoms with Gasteiger partial charge in [-0.15, -0.1) is 0 Å². The monoisotopic (exact) mass is 524 g/mol. The van der Waals surface area contributed by atoms with Crippen molar-refractivity contribution >= 4 is 18.7 Å². The van der Waals surface area contributed by atoms with Crippen LogP contribution in [0.3, 0.4) is 0 Å². The van der Waals surface area contributed by atoms with E-state index in [4.69, 9.17) is 18.6 Å². The molecule has 6 heteroatoms. The molecular weight excluding hydrogens is 480 g/mol. The van der Waals surface area contributed by atoms with Gasteiger partial charge in [0.2, 0.25) is 0 Å². The highest BCUT2D eigenvalue weighted by Gasteiger charge is 2.52. The summed E-state index contributed by atoms with van der Waals surface area (Å²) in [6.07, 6.45) is 7.35. The van der Waals surface area contributed by atoms with E-state index in [9.17, 15) is 5.11 Å². The van der Waals surface area contributed by atoms with Crippen LogP contribution in [-0.2, 0) is 18.6 Å². The fourth-order valence-corrected chi connectivity index (χ4v) is 10.8. The topological polar surface area (TPSA) is 57.2 Å². The van der Waals surface area contributed by atoms with Crippen LogP contribution in [0.15, 0.2) is 73.0 Å². The normalized spacial score (nSPS) is 27.0. The van der Waals surface area contributed by atoms with Crippen LogP contribution in [0, 0.1) is 11.8 Å². The minimum Gasteiger partial charge on any atom is -0.505 e. The van der Waals surface area contributed by atoms with E-state index in [0.717, 1.165) is 32.3 Å². The molecule has 0 amide bonds. The van der Waals surface area contributed by atoms with Crippen molar-refractivity contribution in [3.8, 4) is 0 Å². The Labute approximate surface area is 223 Å². The van der Waals surface area contributed by atoms with E-state index in [1.54, 1.807) is 13.4 Å². The highest BCUT2D eigenvalue weighted by Crippen LogP contribution is 2.42. The smallest absolute Gasteiger partial charge is 0.261 e. The standard InChI is InChI=1S/C31H44O5Si/c1-31(2,3)37(24-14-7-5-8-15-24,25-16-9-6-10-17-25)35-23-27-26(18-13-20-33-4)28(32)22-29(27)36-30-19-11-12-21-34-30/h5-10,13-17,20,26-30,32H,11-12,18-19,21-23H2,1-4H3/b20-13+/t26-,27-,28+,29-,30?/m1/s1. The Morgan fingerprint density at radius 3 is 2.16 bits per heavy atom. The first kappa shape index (κ1) is 28.1. The van der Waals surface area contributed by atoms with Gasteiger partial charge >= 0.3 is 0 Å². The number of aliphatic hydroxyl groups is 1. The number of aliphatic hydroxyl groups excluding tert-OH is 1. The van der Waals surface area contributed by atoms with E-state index in [2.05, 4.69) is 81.4 Å². The van der Waals surface area contributed by atoms with E-state index >= 15 is 0 Å². The average Bonchev–Trinajstić information content (AvgIpc) is 3.19. The predicted octanol–water partition coefficient (Wildman–Crippen LogP) is 5.02. The Morgan fingerprint density at radius 2 is 1.62 bits per heavy atom. The molecule has 2 fully saturated rings. The van der Waals surface area contributed by atoms with Crippen LogP contribution in [0.5, 0.6) is 0 Å². The van der Waals surface area contributed by atoms with E-state index < -0.39 is 14.4 Å². The fraction of sp³-hybridized carbons (Fsp3) is 0.548. The summed E-state index contributed by atoms with van der Waals surface area (Å²) < 4.78 is 24.9. The summed E-state index contributed by atoms with van der Waals surface area (Å²) in [5.74, 6) is 0.0712. The van der Waals surface area contributed by atoms with Crippen molar-refractivity contribution in [2.75, 3.05) is 20.3 Å². The maximum absolute atomic E-state index is 11.1. The van der Waals surface area contributed by atoms with E-state index in [1.165, 1.54) is 10.4 Å². The van der Waals surface area contributed by atoms with E-state index in [0.29, 0.717) is 13.0 Å². The molecule has 0 aromatic heterocycles. The SMILES string of the molecule is CO/C=C/C[C@@H]1[C@@H](CO[Si](c2ccccc2)(c2ccccc2)C(C)(C)C)[C@H](OC2CCCCO2)C[C@@H]1O. The molecule has 1 N–H and O–H groups in total. The molecule has 0 bridgehead atoms. The largest absolute Gasteiger partial charge is 0.505 e. The van der Waals surface area contributed by atoms with Crippen molar-refractivity contribution < 1.29 is 23.7 Å². The van der Waals surface area contributed by atoms with Gasteiger partial charge in [0, 0.05) is 25.6 Å². The molecule has 1 aliphatic carbocycles. The van der Waals surface area contributed by atoms with E-state index in [-0.39, 0.29) is 29.3 Å². The third-order valence-electron chi connectivity index (χ3n) is 8.01. The first-order chi connectivity index (χ1) is 17.9. The lowest BCUT2D eigenvalue weighted by molar-refractivity contribution is -0.197. The molecule has 1 heterocycles. The molecule has 1 unspecified atom stereocenters. The summed E-state index contributed by atoms with van der Waals surface area (Å²) in [7, 11) is -1.05. The van der Waals surface area contributed by atoms with E-state index in [1.807, 2.05) is 6.08 Å². The van der Waals surface area contributed by atoms with Crippen LogP contribution in [-0.4, -0.2) is 52.2 Å². The molecule has 5 atom stereocenters. The molecule has 2 aliphatic rings. The minimum absolute atomic E-state index is 0.0261. The number of allylic oxidation sites excluding steroid dienone is 1. The Hall–Kier alpha value is -1.96. The average molecular weight is 525 g/mol. The maximum atomic E-state index is 11.1. The molecule has 2 aromatic carbocycles. The van der Waals surface area contributed by atoms with Crippen LogP contribution >= 0.6 is 0 Å². The first-order valence-corrected chi connectivity index (χ1v) is 15.7. The molecule has 0 spiro atoms. The fourth-order valence-electron chi connectivity index (χ4n) is 6.17. The van der Waals surface area contributed by atoms with Gasteiger partial charge < -0.3 is 23.7 Å². The van der Waals surface area contributed by atoms with Gasteiger partial charge in [-0.3, -0.25) is 0 Å². The zero-order chi connectivity index (χ0) is 26.3. The molecule has 0 radical (unpaired) electrons. The second-order valence-electron chi connectivity index (χ2n) is 11.4. The number of rotatable bonds is 10. The summed E-state index contributed by atoms with van der Waals surface area (Å²) in [4.78, 5) is 0. The molecule has 202 valence electrons. The van der Waals surface area contributed by atoms with Crippen molar-refractivity contribution in [1.82, 2.24) is 0 Å². The van der Waals surface area contributed by atoms with Gasteiger partial charge in [-0.25, -0.2) is 0 Å². The van der Waals surface area contributed by atoms with Gasteiger partial charge in [-0.2, -0.15) is 0 Å². The minimum atomic E-state index is -2.70. The van der Waals surface area contributed by atoms with Crippen LogP contribution in [0.25, 0.3) is 0 Å². The molecule has 1 aliphatic heterocycles. The van der Waals surface area contributed by atoms with Crippen LogP contribution in [0.1, 0.15) is 52.9 Å². The summed E-state index contributed by atoms with van der Waals surface area (Å²) in [6, 6.07) is 21.4. The second-order valence-corrected chi connectivity index (χ2v) is 15.7. The van der Waals surface area contributed by atoms with Crippen molar-refractivity contribution in [2.24, 2.45) is 11.8 Å². The van der Waals surface area contributed by atoms with Crippen molar-refractivity contribution in [2.45, 2.75) is 76.4 Å². The molecule has 1 saturated heterocycles. The van der Waals surface area contributed by atoms with Crippen molar-refractivity contribution in [3.63, 3.8) is 0 Å². The highest BCUT2D eigenvalue weighted by atomic mass is 28.4. The molecule has 1 saturated carbocycles. The molecule has 2 aromatic rings. The van der Waals surface area contributed by atoms with Crippen LogP contribution < -0.4 is 10.4 Å². The molecule has 5 nitrogen and oxygen atoms in total. The third-order valence-corrected chi connectivity index (χ3v) is 13.0. The number of methoxy groups -OCH3 is 1. The van der Waals surface area contributed by atoms with Crippen LogP contribution in [0.4, 0.5) is 0 Å². The van der Waals surface area contributed by atoms with Gasteiger partial charge in [0.15, 0.2) is 6.29 Å². The van der Waals surface area contributed by atoms with Crippen molar-refractivity contribution in [3.05, 3.63) is 73.0 Å². The predicted molar refractivity (Wildman–Crippen MR) is 150 cm³/mol. The van der Waals surface area contributed by atoms with Gasteiger partial charge in [0.25, 0.3) is 8.32 Å². The lowest BCUT2D eigenvalue weighted by Gasteiger charge is -2.44. The molecule has 37 heavy (non-hydrogen) atoms. The lowest BCUT2D eigenvalue weighted by Crippen LogP contribution is -2.67. The number of hydrogen-bond acceptors (Lipinski definition) is 5. The molecule has 4 rings (SSSR count). The summed E-state index contributed by atoms with van der Waals surface area (Å²) in [5.41, 5.74) is 0. The third kappa shape index (κ3) is 6.37. The van der Waals surface area contributed by atoms with Gasteiger partial charge in [0.1, 0.15) is 0 Å². The Bertz CT molecular complexity index is 929. The first-order valence-electron chi connectivity index (χ1n) is 13.7. The van der Waals surface area contributed by atoms with Gasteiger partial charge in [-0.05, 0) is 53.1 Å². The highest BCUT2D eigenvalue weighted by molar-refractivity contribution is 6.99. The van der Waals surface area contributed by atoms with Gasteiger partial charge in [-0.1, -0.05) is 81.4 Å². The summed E-state index contributed by atoms with van der Waals surface area (Å²) in [5, 5.41) is 13.6. The lowest BCUT2D eigenvalue weighted by atomic mass is 9.91. The Kier molecular flexibility index (Phi) is 9.65. The zero-order valence-electron chi connectivity index (χ0n) is 22.8. The van der Waals surface area contributed by atoms with Crippen molar-refractivity contribution in [1.29, 1.82) is 0 Å². The number of benzene rings is 2.